The van der Waals surface area contributed by atoms with Gasteiger partial charge >= 0.3 is 0 Å². The van der Waals surface area contributed by atoms with Crippen LogP contribution >= 0.6 is 0 Å². The number of rotatable bonds is 3. The molecule has 0 radical (unpaired) electrons. The number of aliphatic hydroxyl groups excluding tert-OH is 1. The van der Waals surface area contributed by atoms with Gasteiger partial charge in [-0.15, -0.1) is 5.10 Å². The third-order valence-corrected chi connectivity index (χ3v) is 4.35. The number of fused-ring (bicyclic) bond motifs is 1. The predicted molar refractivity (Wildman–Crippen MR) is 84.9 cm³/mol. The highest BCUT2D eigenvalue weighted by atomic mass is 16.5. The molecular weight excluding hydrogens is 298 g/mol. The van der Waals surface area contributed by atoms with Crippen LogP contribution < -0.4 is 10.2 Å². The highest BCUT2D eigenvalue weighted by Crippen LogP contribution is 2.20. The molecular formula is C15H21N5O3. The zero-order chi connectivity index (χ0) is 15.6. The van der Waals surface area contributed by atoms with Crippen molar-refractivity contribution in [3.8, 4) is 0 Å². The summed E-state index contributed by atoms with van der Waals surface area (Å²) >= 11 is 0. The molecule has 0 bridgehead atoms. The van der Waals surface area contributed by atoms with E-state index in [9.17, 15) is 5.11 Å². The maximum Gasteiger partial charge on any atom is 0.241 e. The number of ether oxygens (including phenoxy) is 2. The highest BCUT2D eigenvalue weighted by Gasteiger charge is 2.24. The number of aliphatic hydroxyl groups is 1. The van der Waals surface area contributed by atoms with Crippen LogP contribution in [-0.2, 0) is 9.47 Å². The molecule has 2 fully saturated rings. The van der Waals surface area contributed by atoms with Gasteiger partial charge < -0.3 is 24.8 Å². The van der Waals surface area contributed by atoms with E-state index in [2.05, 4.69) is 26.4 Å². The number of hydrogen-bond acceptors (Lipinski definition) is 7. The molecule has 0 spiro atoms. The van der Waals surface area contributed by atoms with Gasteiger partial charge in [-0.25, -0.2) is 9.50 Å². The van der Waals surface area contributed by atoms with Crippen molar-refractivity contribution in [3.63, 3.8) is 0 Å². The SMILES string of the molecule is O[C@@H]1COCC[C@H]1Nc1ncc2ccc(N3CCOCC3)n2n1. The van der Waals surface area contributed by atoms with Crippen molar-refractivity contribution in [3.05, 3.63) is 18.3 Å². The number of morpholine rings is 1. The standard InChI is InChI=1S/C15H21N5O3/c21-13-10-23-6-3-12(13)17-15-16-9-11-1-2-14(20(11)18-15)19-4-7-22-8-5-19/h1-2,9,12-13,21H,3-8,10H2,(H,17,18)/t12-,13-/m1/s1. The van der Waals surface area contributed by atoms with Crippen LogP contribution in [0, 0.1) is 0 Å². The van der Waals surface area contributed by atoms with Gasteiger partial charge in [0, 0.05) is 19.7 Å². The van der Waals surface area contributed by atoms with Gasteiger partial charge in [0.1, 0.15) is 5.82 Å². The molecule has 2 aromatic rings. The Morgan fingerprint density at radius 1 is 1.17 bits per heavy atom. The van der Waals surface area contributed by atoms with E-state index in [4.69, 9.17) is 9.47 Å². The van der Waals surface area contributed by atoms with E-state index in [1.54, 1.807) is 6.20 Å². The average molecular weight is 319 g/mol. The van der Waals surface area contributed by atoms with E-state index in [1.165, 1.54) is 0 Å². The van der Waals surface area contributed by atoms with Gasteiger partial charge in [-0.3, -0.25) is 0 Å². The van der Waals surface area contributed by atoms with Gasteiger partial charge in [0.2, 0.25) is 5.95 Å². The van der Waals surface area contributed by atoms with Gasteiger partial charge in [-0.1, -0.05) is 0 Å². The summed E-state index contributed by atoms with van der Waals surface area (Å²) in [6.07, 6.45) is 2.00. The molecule has 8 heteroatoms. The lowest BCUT2D eigenvalue weighted by molar-refractivity contribution is -0.0136. The Labute approximate surface area is 134 Å². The first-order valence-corrected chi connectivity index (χ1v) is 8.01. The normalized spacial score (nSPS) is 25.7. The minimum absolute atomic E-state index is 0.0800. The van der Waals surface area contributed by atoms with E-state index in [1.807, 2.05) is 10.6 Å². The summed E-state index contributed by atoms with van der Waals surface area (Å²) in [6.45, 7) is 4.17. The van der Waals surface area contributed by atoms with Crippen LogP contribution in [0.25, 0.3) is 5.52 Å². The van der Waals surface area contributed by atoms with Crippen LogP contribution in [0.2, 0.25) is 0 Å². The van der Waals surface area contributed by atoms with Gasteiger partial charge in [-0.05, 0) is 18.6 Å². The average Bonchev–Trinajstić information content (AvgIpc) is 3.01. The second-order valence-electron chi connectivity index (χ2n) is 5.89. The first-order valence-electron chi connectivity index (χ1n) is 8.01. The van der Waals surface area contributed by atoms with Crippen LogP contribution in [0.4, 0.5) is 11.8 Å². The minimum atomic E-state index is -0.536. The van der Waals surface area contributed by atoms with Crippen molar-refractivity contribution in [1.29, 1.82) is 0 Å². The molecule has 2 saturated heterocycles. The van der Waals surface area contributed by atoms with E-state index in [0.717, 1.165) is 44.1 Å². The van der Waals surface area contributed by atoms with Gasteiger partial charge in [0.05, 0.1) is 43.7 Å². The minimum Gasteiger partial charge on any atom is -0.389 e. The number of nitrogens with zero attached hydrogens (tertiary/aromatic N) is 4. The summed E-state index contributed by atoms with van der Waals surface area (Å²) in [7, 11) is 0. The van der Waals surface area contributed by atoms with Crippen molar-refractivity contribution in [2.45, 2.75) is 18.6 Å². The topological polar surface area (TPSA) is 84.2 Å². The van der Waals surface area contributed by atoms with E-state index >= 15 is 0 Å². The Kier molecular flexibility index (Phi) is 4.02. The zero-order valence-electron chi connectivity index (χ0n) is 12.9. The summed E-state index contributed by atoms with van der Waals surface area (Å²) in [4.78, 5) is 6.62. The third kappa shape index (κ3) is 2.97. The summed E-state index contributed by atoms with van der Waals surface area (Å²) < 4.78 is 12.6. The molecule has 23 heavy (non-hydrogen) atoms. The van der Waals surface area contributed by atoms with E-state index < -0.39 is 6.10 Å². The van der Waals surface area contributed by atoms with Crippen molar-refractivity contribution in [1.82, 2.24) is 14.6 Å². The smallest absolute Gasteiger partial charge is 0.241 e. The molecule has 2 aromatic heterocycles. The Bertz CT molecular complexity index is 670. The maximum atomic E-state index is 9.99. The second-order valence-corrected chi connectivity index (χ2v) is 5.89. The Hall–Kier alpha value is -1.90. The summed E-state index contributed by atoms with van der Waals surface area (Å²) in [5.41, 5.74) is 0.949. The molecule has 2 aliphatic heterocycles. The van der Waals surface area contributed by atoms with Crippen LogP contribution in [0.3, 0.4) is 0 Å². The molecule has 0 aromatic carbocycles. The van der Waals surface area contributed by atoms with Crippen LogP contribution in [0.5, 0.6) is 0 Å². The third-order valence-electron chi connectivity index (χ3n) is 4.35. The van der Waals surface area contributed by atoms with E-state index in [0.29, 0.717) is 19.2 Å². The largest absolute Gasteiger partial charge is 0.389 e. The fraction of sp³-hybridized carbons (Fsp3) is 0.600. The highest BCUT2D eigenvalue weighted by molar-refractivity contribution is 5.57. The van der Waals surface area contributed by atoms with E-state index in [-0.39, 0.29) is 6.04 Å². The summed E-state index contributed by atoms with van der Waals surface area (Å²) in [5.74, 6) is 1.57. The number of anilines is 2. The van der Waals surface area contributed by atoms with Crippen LogP contribution in [0.15, 0.2) is 18.3 Å². The lowest BCUT2D eigenvalue weighted by Crippen LogP contribution is -2.42. The van der Waals surface area contributed by atoms with Gasteiger partial charge in [-0.2, -0.15) is 0 Å². The molecule has 2 aliphatic rings. The molecule has 0 aliphatic carbocycles. The quantitative estimate of drug-likeness (QED) is 0.832. The van der Waals surface area contributed by atoms with Crippen molar-refractivity contribution < 1.29 is 14.6 Å². The molecule has 0 saturated carbocycles. The second kappa shape index (κ2) is 6.31. The fourth-order valence-electron chi connectivity index (χ4n) is 3.04. The maximum absolute atomic E-state index is 9.99. The zero-order valence-corrected chi connectivity index (χ0v) is 12.9. The van der Waals surface area contributed by atoms with Gasteiger partial charge in [0.15, 0.2) is 0 Å². The fourth-order valence-corrected chi connectivity index (χ4v) is 3.04. The molecule has 8 nitrogen and oxygen atoms in total. The number of nitrogens with one attached hydrogen (secondary N) is 1. The predicted octanol–water partition coefficient (Wildman–Crippen LogP) is 0.128. The Morgan fingerprint density at radius 2 is 2.04 bits per heavy atom. The molecule has 124 valence electrons. The molecule has 4 rings (SSSR count). The first kappa shape index (κ1) is 14.7. The lowest BCUT2D eigenvalue weighted by Gasteiger charge is -2.29. The molecule has 4 heterocycles. The van der Waals surface area contributed by atoms with Gasteiger partial charge in [0.25, 0.3) is 0 Å². The van der Waals surface area contributed by atoms with Crippen molar-refractivity contribution in [2.75, 3.05) is 49.7 Å². The number of aromatic nitrogens is 3. The molecule has 0 amide bonds. The molecule has 2 atom stereocenters. The first-order chi connectivity index (χ1) is 11.3. The lowest BCUT2D eigenvalue weighted by atomic mass is 10.1. The van der Waals surface area contributed by atoms with Crippen LogP contribution in [-0.4, -0.2) is 71.4 Å². The van der Waals surface area contributed by atoms with Crippen molar-refractivity contribution in [2.24, 2.45) is 0 Å². The number of hydrogen-bond donors (Lipinski definition) is 2. The monoisotopic (exact) mass is 319 g/mol. The summed E-state index contributed by atoms with van der Waals surface area (Å²) in [6, 6.07) is 3.99. The summed E-state index contributed by atoms with van der Waals surface area (Å²) in [5, 5.41) is 17.8. The molecule has 2 N–H and O–H groups in total. The van der Waals surface area contributed by atoms with Crippen LogP contribution in [0.1, 0.15) is 6.42 Å². The Morgan fingerprint density at radius 3 is 2.87 bits per heavy atom. The van der Waals surface area contributed by atoms with Crippen molar-refractivity contribution >= 4 is 17.3 Å². The molecule has 0 unspecified atom stereocenters. The Balaban J connectivity index is 1.58.